The Balaban J connectivity index is 2.57. The summed E-state index contributed by atoms with van der Waals surface area (Å²) < 4.78 is 10.1. The topological polar surface area (TPSA) is 73.6 Å². The van der Waals surface area contributed by atoms with E-state index in [-0.39, 0.29) is 12.0 Å². The number of carbonyl (C=O) groups excluding carboxylic acids is 1. The number of methoxy groups -OCH3 is 2. The average Bonchev–Trinajstić information content (AvgIpc) is 2.37. The minimum absolute atomic E-state index is 0.177. The van der Waals surface area contributed by atoms with Crippen LogP contribution in [0, 0.1) is 0 Å². The summed E-state index contributed by atoms with van der Waals surface area (Å²) in [7, 11) is 3.14. The van der Waals surface area contributed by atoms with E-state index in [0.29, 0.717) is 29.4 Å². The molecule has 18 heavy (non-hydrogen) atoms. The average molecular weight is 273 g/mol. The van der Waals surface area contributed by atoms with Crippen LogP contribution in [-0.4, -0.2) is 39.4 Å². The van der Waals surface area contributed by atoms with Gasteiger partial charge in [-0.25, -0.2) is 0 Å². The van der Waals surface area contributed by atoms with Gasteiger partial charge in [0.2, 0.25) is 0 Å². The van der Waals surface area contributed by atoms with Gasteiger partial charge in [0, 0.05) is 26.3 Å². The van der Waals surface area contributed by atoms with Crippen molar-refractivity contribution in [2.75, 3.05) is 33.1 Å². The van der Waals surface area contributed by atoms with Crippen LogP contribution in [0.25, 0.3) is 0 Å². The smallest absolute Gasteiger partial charge is 0.251 e. The van der Waals surface area contributed by atoms with E-state index in [9.17, 15) is 4.79 Å². The number of carbonyl (C=O) groups is 1. The third kappa shape index (κ3) is 4.18. The molecule has 3 N–H and O–H groups in total. The fourth-order valence-electron chi connectivity index (χ4n) is 1.39. The normalized spacial score (nSPS) is 12.2. The molecule has 100 valence electrons. The molecule has 0 heterocycles. The number of halogens is 1. The molecule has 0 radical (unpaired) electrons. The molecular weight excluding hydrogens is 256 g/mol. The molecule has 1 atom stereocenters. The van der Waals surface area contributed by atoms with Gasteiger partial charge in [0.05, 0.1) is 23.4 Å². The number of nitrogens with two attached hydrogens (primary N) is 1. The highest BCUT2D eigenvalue weighted by atomic mass is 35.5. The van der Waals surface area contributed by atoms with Gasteiger partial charge in [-0.2, -0.15) is 0 Å². The van der Waals surface area contributed by atoms with E-state index >= 15 is 0 Å². The third-order valence-electron chi connectivity index (χ3n) is 2.43. The van der Waals surface area contributed by atoms with E-state index in [0.717, 1.165) is 0 Å². The van der Waals surface area contributed by atoms with Crippen molar-refractivity contribution in [3.63, 3.8) is 0 Å². The molecule has 0 aromatic heterocycles. The van der Waals surface area contributed by atoms with Crippen LogP contribution in [0.3, 0.4) is 0 Å². The first-order chi connectivity index (χ1) is 8.58. The summed E-state index contributed by atoms with van der Waals surface area (Å²) >= 11 is 5.78. The largest absolute Gasteiger partial charge is 0.398 e. The Kier molecular flexibility index (Phi) is 5.91. The molecule has 0 saturated carbocycles. The number of amides is 1. The van der Waals surface area contributed by atoms with Crippen LogP contribution >= 0.6 is 11.6 Å². The maximum absolute atomic E-state index is 11.8. The van der Waals surface area contributed by atoms with Gasteiger partial charge >= 0.3 is 0 Å². The third-order valence-corrected chi connectivity index (χ3v) is 2.78. The van der Waals surface area contributed by atoms with Crippen LogP contribution < -0.4 is 11.1 Å². The van der Waals surface area contributed by atoms with Crippen LogP contribution in [0.1, 0.15) is 10.4 Å². The molecule has 1 aromatic rings. The van der Waals surface area contributed by atoms with Gasteiger partial charge in [-0.3, -0.25) is 4.79 Å². The van der Waals surface area contributed by atoms with Gasteiger partial charge in [0.25, 0.3) is 5.91 Å². The molecule has 0 aliphatic rings. The fourth-order valence-corrected chi connectivity index (χ4v) is 1.51. The van der Waals surface area contributed by atoms with Crippen LogP contribution in [0.15, 0.2) is 18.2 Å². The van der Waals surface area contributed by atoms with E-state index in [4.69, 9.17) is 26.8 Å². The number of anilines is 1. The zero-order valence-electron chi connectivity index (χ0n) is 10.4. The highest BCUT2D eigenvalue weighted by Gasteiger charge is 2.11. The Labute approximate surface area is 111 Å². The zero-order chi connectivity index (χ0) is 13.5. The summed E-state index contributed by atoms with van der Waals surface area (Å²) in [6.45, 7) is 0.783. The number of nitrogen functional groups attached to an aromatic ring is 1. The molecule has 0 saturated heterocycles. The van der Waals surface area contributed by atoms with Crippen LogP contribution in [0.4, 0.5) is 5.69 Å². The molecule has 0 bridgehead atoms. The lowest BCUT2D eigenvalue weighted by molar-refractivity contribution is 0.0285. The highest BCUT2D eigenvalue weighted by molar-refractivity contribution is 6.33. The standard InChI is InChI=1S/C12H17ClN2O3/c1-17-7-9(18-2)6-15-12(16)8-3-4-10(13)11(14)5-8/h3-5,9H,6-7,14H2,1-2H3,(H,15,16). The molecule has 0 aliphatic carbocycles. The number of hydrogen-bond donors (Lipinski definition) is 2. The monoisotopic (exact) mass is 272 g/mol. The van der Waals surface area contributed by atoms with Crippen molar-refractivity contribution >= 4 is 23.2 Å². The van der Waals surface area contributed by atoms with Crippen molar-refractivity contribution in [2.24, 2.45) is 0 Å². The first-order valence-electron chi connectivity index (χ1n) is 5.43. The van der Waals surface area contributed by atoms with E-state index in [2.05, 4.69) is 5.32 Å². The highest BCUT2D eigenvalue weighted by Crippen LogP contribution is 2.19. The Morgan fingerprint density at radius 3 is 2.78 bits per heavy atom. The molecule has 1 amide bonds. The minimum Gasteiger partial charge on any atom is -0.398 e. The van der Waals surface area contributed by atoms with Gasteiger partial charge in [0.1, 0.15) is 0 Å². The van der Waals surface area contributed by atoms with Crippen molar-refractivity contribution in [1.82, 2.24) is 5.32 Å². The van der Waals surface area contributed by atoms with E-state index in [1.807, 2.05) is 0 Å². The van der Waals surface area contributed by atoms with E-state index in [1.165, 1.54) is 6.07 Å². The number of hydrogen-bond acceptors (Lipinski definition) is 4. The molecule has 5 nitrogen and oxygen atoms in total. The van der Waals surface area contributed by atoms with Crippen LogP contribution in [0.5, 0.6) is 0 Å². The number of benzene rings is 1. The van der Waals surface area contributed by atoms with Crippen molar-refractivity contribution in [2.45, 2.75) is 6.10 Å². The van der Waals surface area contributed by atoms with Gasteiger partial charge < -0.3 is 20.5 Å². The maximum Gasteiger partial charge on any atom is 0.251 e. The Morgan fingerprint density at radius 1 is 1.50 bits per heavy atom. The summed E-state index contributed by atoms with van der Waals surface area (Å²) in [5.41, 5.74) is 6.47. The summed E-state index contributed by atoms with van der Waals surface area (Å²) in [6, 6.07) is 4.75. The molecular formula is C12H17ClN2O3. The fraction of sp³-hybridized carbons (Fsp3) is 0.417. The van der Waals surface area contributed by atoms with E-state index in [1.54, 1.807) is 26.4 Å². The van der Waals surface area contributed by atoms with Gasteiger partial charge in [-0.05, 0) is 18.2 Å². The number of rotatable bonds is 6. The molecule has 0 aliphatic heterocycles. The quantitative estimate of drug-likeness (QED) is 0.766. The molecule has 1 rings (SSSR count). The second kappa shape index (κ2) is 7.20. The van der Waals surface area contributed by atoms with E-state index < -0.39 is 0 Å². The van der Waals surface area contributed by atoms with Gasteiger partial charge in [0.15, 0.2) is 0 Å². The summed E-state index contributed by atoms with van der Waals surface area (Å²) in [5, 5.41) is 3.17. The predicted octanol–water partition coefficient (Wildman–Crippen LogP) is 1.31. The lowest BCUT2D eigenvalue weighted by Crippen LogP contribution is -2.35. The predicted molar refractivity (Wildman–Crippen MR) is 70.9 cm³/mol. The van der Waals surface area contributed by atoms with Gasteiger partial charge in [-0.1, -0.05) is 11.6 Å². The summed E-state index contributed by atoms with van der Waals surface area (Å²) in [6.07, 6.45) is -0.177. The van der Waals surface area contributed by atoms with Crippen molar-refractivity contribution in [3.8, 4) is 0 Å². The van der Waals surface area contributed by atoms with Gasteiger partial charge in [-0.15, -0.1) is 0 Å². The molecule has 1 aromatic carbocycles. The van der Waals surface area contributed by atoms with Crippen molar-refractivity contribution in [3.05, 3.63) is 28.8 Å². The summed E-state index contributed by atoms with van der Waals surface area (Å²) in [5.74, 6) is -0.225. The Bertz CT molecular complexity index is 412. The zero-order valence-corrected chi connectivity index (χ0v) is 11.2. The number of nitrogens with one attached hydrogen (secondary N) is 1. The summed E-state index contributed by atoms with van der Waals surface area (Å²) in [4.78, 5) is 11.8. The second-order valence-electron chi connectivity index (χ2n) is 3.76. The SMILES string of the molecule is COCC(CNC(=O)c1ccc(Cl)c(N)c1)OC. The number of ether oxygens (including phenoxy) is 2. The molecule has 1 unspecified atom stereocenters. The Hall–Kier alpha value is -1.30. The molecule has 6 heteroatoms. The van der Waals surface area contributed by atoms with Crippen LogP contribution in [-0.2, 0) is 9.47 Å². The molecule has 0 spiro atoms. The van der Waals surface area contributed by atoms with Crippen molar-refractivity contribution in [1.29, 1.82) is 0 Å². The first kappa shape index (κ1) is 14.8. The minimum atomic E-state index is -0.225. The second-order valence-corrected chi connectivity index (χ2v) is 4.17. The Morgan fingerprint density at radius 2 is 2.22 bits per heavy atom. The van der Waals surface area contributed by atoms with Crippen LogP contribution in [0.2, 0.25) is 5.02 Å². The first-order valence-corrected chi connectivity index (χ1v) is 5.81. The lowest BCUT2D eigenvalue weighted by atomic mass is 10.2. The maximum atomic E-state index is 11.8. The lowest BCUT2D eigenvalue weighted by Gasteiger charge is -2.15. The van der Waals surface area contributed by atoms with Crippen molar-refractivity contribution < 1.29 is 14.3 Å². The molecule has 0 fully saturated rings.